The molecule has 15 heteroatoms. The van der Waals surface area contributed by atoms with Crippen molar-refractivity contribution >= 4 is 30.9 Å². The molecule has 6 atom stereocenters. The van der Waals surface area contributed by atoms with E-state index in [2.05, 4.69) is 33.5 Å². The Balaban J connectivity index is -0.000000543. The molecule has 0 heterocycles. The number of hydrogen-bond donors (Lipinski definition) is 0. The maximum absolute atomic E-state index is 11.3. The highest BCUT2D eigenvalue weighted by Gasteiger charge is 2.28. The summed E-state index contributed by atoms with van der Waals surface area (Å²) in [7, 11) is 5.19. The van der Waals surface area contributed by atoms with Gasteiger partial charge in [0, 0.05) is 19.3 Å². The molecule has 236 valence electrons. The van der Waals surface area contributed by atoms with Gasteiger partial charge in [-0.15, -0.1) is 0 Å². The predicted molar refractivity (Wildman–Crippen MR) is 142 cm³/mol. The number of rotatable bonds is 18. The Bertz CT molecular complexity index is 860. The number of esters is 3. The van der Waals surface area contributed by atoms with E-state index in [1.165, 1.54) is 28.4 Å². The van der Waals surface area contributed by atoms with Crippen LogP contribution in [0.25, 0.3) is 0 Å². The van der Waals surface area contributed by atoms with Crippen LogP contribution in [0.2, 0.25) is 0 Å². The lowest BCUT2D eigenvalue weighted by Crippen LogP contribution is -2.27. The van der Waals surface area contributed by atoms with Crippen LogP contribution in [0.15, 0.2) is 0 Å². The van der Waals surface area contributed by atoms with Crippen LogP contribution in [0.1, 0.15) is 40.0 Å². The number of carbonyl (C=O) groups excluding carboxylic acids is 5. The van der Waals surface area contributed by atoms with Crippen molar-refractivity contribution in [1.29, 1.82) is 15.8 Å². The first-order chi connectivity index (χ1) is 20.0. The zero-order chi connectivity index (χ0) is 32.9. The highest BCUT2D eigenvalue weighted by Crippen LogP contribution is 2.18. The molecule has 0 amide bonds. The van der Waals surface area contributed by atoms with Crippen LogP contribution in [-0.4, -0.2) is 79.1 Å². The van der Waals surface area contributed by atoms with Crippen molar-refractivity contribution < 1.29 is 57.4 Å². The zero-order valence-electron chi connectivity index (χ0n) is 25.1. The fraction of sp³-hybridized carbons (Fsp3) is 0.704. The average molecular weight is 600 g/mol. The normalized spacial score (nSPS) is 13.7. The largest absolute Gasteiger partial charge is 0.469 e. The minimum Gasteiger partial charge on any atom is -0.469 e. The summed E-state index contributed by atoms with van der Waals surface area (Å²) in [5.41, 5.74) is 0. The molecular formula is C27H41N3O12. The lowest BCUT2D eigenvalue weighted by Gasteiger charge is -2.18. The van der Waals surface area contributed by atoms with Crippen molar-refractivity contribution in [3.63, 3.8) is 0 Å². The van der Waals surface area contributed by atoms with Gasteiger partial charge in [0.1, 0.15) is 13.2 Å². The van der Waals surface area contributed by atoms with Gasteiger partial charge >= 0.3 is 17.9 Å². The Morgan fingerprint density at radius 3 is 1.10 bits per heavy atom. The first-order valence-corrected chi connectivity index (χ1v) is 12.6. The first-order valence-electron chi connectivity index (χ1n) is 12.6. The quantitative estimate of drug-likeness (QED) is 0.0721. The second-order valence-corrected chi connectivity index (χ2v) is 8.72. The molecule has 3 unspecified atom stereocenters. The molecule has 0 bridgehead atoms. The third-order valence-corrected chi connectivity index (χ3v) is 5.87. The molecular weight excluding hydrogens is 558 g/mol. The van der Waals surface area contributed by atoms with Crippen LogP contribution in [0.3, 0.4) is 0 Å². The highest BCUT2D eigenvalue weighted by atomic mass is 17.2. The van der Waals surface area contributed by atoms with E-state index in [0.29, 0.717) is 0 Å². The van der Waals surface area contributed by atoms with Gasteiger partial charge in [-0.1, -0.05) is 20.8 Å². The summed E-state index contributed by atoms with van der Waals surface area (Å²) < 4.78 is 22.6. The highest BCUT2D eigenvalue weighted by molar-refractivity contribution is 5.73. The van der Waals surface area contributed by atoms with Crippen LogP contribution >= 0.6 is 0 Å². The monoisotopic (exact) mass is 599 g/mol. The summed E-state index contributed by atoms with van der Waals surface area (Å²) in [6.07, 6.45) is 0.733. The fourth-order valence-electron chi connectivity index (χ4n) is 3.13. The molecule has 0 radical (unpaired) electrons. The van der Waals surface area contributed by atoms with E-state index in [9.17, 15) is 24.0 Å². The summed E-state index contributed by atoms with van der Waals surface area (Å²) >= 11 is 0. The SMILES string of the molecule is COC(=O)C(COC=O)[C@@H](C)CC#N.COC(=O)C(COC=O)[C@H](C)CC#N.COOCC(C(=O)OC)[C@@H](C)CC#N. The summed E-state index contributed by atoms with van der Waals surface area (Å²) in [5, 5.41) is 25.4. The summed E-state index contributed by atoms with van der Waals surface area (Å²) in [5.74, 6) is -3.38. The van der Waals surface area contributed by atoms with Gasteiger partial charge in [-0.2, -0.15) is 15.8 Å². The van der Waals surface area contributed by atoms with Gasteiger partial charge in [0.05, 0.1) is 71.0 Å². The van der Waals surface area contributed by atoms with E-state index in [4.69, 9.17) is 15.8 Å². The van der Waals surface area contributed by atoms with E-state index in [1.807, 2.05) is 18.2 Å². The third kappa shape index (κ3) is 19.7. The molecule has 0 aromatic rings. The molecule has 0 aromatic carbocycles. The second kappa shape index (κ2) is 28.3. The zero-order valence-corrected chi connectivity index (χ0v) is 25.1. The topological polar surface area (TPSA) is 221 Å². The van der Waals surface area contributed by atoms with Gasteiger partial charge in [0.25, 0.3) is 12.9 Å². The van der Waals surface area contributed by atoms with Gasteiger partial charge in [-0.05, 0) is 17.8 Å². The van der Waals surface area contributed by atoms with Gasteiger partial charge < -0.3 is 23.7 Å². The van der Waals surface area contributed by atoms with Crippen LogP contribution in [-0.2, 0) is 57.4 Å². The molecule has 0 aromatic heterocycles. The third-order valence-electron chi connectivity index (χ3n) is 5.87. The standard InChI is InChI=1S/C9H15NO4.2C9H13NO4/c1-7(4-5-10)8(6-14-13-3)9(11)12-2;2*1-7(3-4-10)8(5-14-6-11)9(12)13-2/h7-8H,4,6H2,1-3H3;2*6-8H,3,5H2,1-2H3/t3*7-,8?/m010/s1. The van der Waals surface area contributed by atoms with Crippen molar-refractivity contribution in [2.45, 2.75) is 40.0 Å². The van der Waals surface area contributed by atoms with Crippen LogP contribution in [0, 0.1) is 69.5 Å². The Labute approximate surface area is 246 Å². The summed E-state index contributed by atoms with van der Waals surface area (Å²) in [6, 6.07) is 5.90. The molecule has 0 spiro atoms. The molecule has 0 fully saturated rings. The van der Waals surface area contributed by atoms with Crippen LogP contribution < -0.4 is 0 Å². The predicted octanol–water partition coefficient (Wildman–Crippen LogP) is 1.90. The molecule has 15 nitrogen and oxygen atoms in total. The Morgan fingerprint density at radius 1 is 0.595 bits per heavy atom. The molecule has 0 rings (SSSR count). The molecule has 0 aliphatic carbocycles. The number of nitrogens with zero attached hydrogens (tertiary/aromatic N) is 3. The maximum atomic E-state index is 11.3. The molecule has 0 aliphatic rings. The minimum atomic E-state index is -0.565. The molecule has 0 aliphatic heterocycles. The van der Waals surface area contributed by atoms with Crippen molar-refractivity contribution in [2.75, 3.05) is 48.3 Å². The Morgan fingerprint density at radius 2 is 0.881 bits per heavy atom. The Hall–Kier alpha value is -4.26. The second-order valence-electron chi connectivity index (χ2n) is 8.72. The lowest BCUT2D eigenvalue weighted by molar-refractivity contribution is -0.281. The van der Waals surface area contributed by atoms with Crippen molar-refractivity contribution in [1.82, 2.24) is 0 Å². The molecule has 0 N–H and O–H groups in total. The number of hydrogen-bond acceptors (Lipinski definition) is 15. The van der Waals surface area contributed by atoms with Crippen molar-refractivity contribution in [3.05, 3.63) is 0 Å². The van der Waals surface area contributed by atoms with Gasteiger partial charge in [-0.25, -0.2) is 9.78 Å². The lowest BCUT2D eigenvalue weighted by atomic mass is 9.92. The number of nitriles is 3. The molecule has 42 heavy (non-hydrogen) atoms. The summed E-state index contributed by atoms with van der Waals surface area (Å²) in [6.45, 7) is 5.83. The molecule has 0 saturated heterocycles. The number of methoxy groups -OCH3 is 3. The Kier molecular flexibility index (Phi) is 28.4. The van der Waals surface area contributed by atoms with E-state index in [-0.39, 0.29) is 75.8 Å². The van der Waals surface area contributed by atoms with Crippen molar-refractivity contribution in [3.8, 4) is 18.2 Å². The van der Waals surface area contributed by atoms with E-state index in [1.54, 1.807) is 20.8 Å². The van der Waals surface area contributed by atoms with E-state index in [0.717, 1.165) is 0 Å². The van der Waals surface area contributed by atoms with Gasteiger partial charge in [0.2, 0.25) is 0 Å². The summed E-state index contributed by atoms with van der Waals surface area (Å²) in [4.78, 5) is 62.7. The van der Waals surface area contributed by atoms with Crippen molar-refractivity contribution in [2.24, 2.45) is 35.5 Å². The maximum Gasteiger partial charge on any atom is 0.312 e. The number of ether oxygens (including phenoxy) is 5. The first kappa shape index (κ1) is 42.2. The number of carbonyl (C=O) groups is 5. The minimum absolute atomic E-state index is 0.0426. The van der Waals surface area contributed by atoms with E-state index >= 15 is 0 Å². The average Bonchev–Trinajstić information content (AvgIpc) is 2.98. The van der Waals surface area contributed by atoms with Crippen LogP contribution in [0.4, 0.5) is 0 Å². The smallest absolute Gasteiger partial charge is 0.312 e. The molecule has 0 saturated carbocycles. The van der Waals surface area contributed by atoms with Gasteiger partial charge in [0.15, 0.2) is 0 Å². The van der Waals surface area contributed by atoms with E-state index < -0.39 is 29.7 Å². The fourth-order valence-corrected chi connectivity index (χ4v) is 3.13. The van der Waals surface area contributed by atoms with Crippen LogP contribution in [0.5, 0.6) is 0 Å². The van der Waals surface area contributed by atoms with Gasteiger partial charge in [-0.3, -0.25) is 24.0 Å².